The number of benzene rings is 1. The lowest BCUT2D eigenvalue weighted by atomic mass is 9.97. The average molecular weight is 384 g/mol. The molecule has 1 N–H and O–H groups in total. The van der Waals surface area contributed by atoms with E-state index >= 15 is 0 Å². The summed E-state index contributed by atoms with van der Waals surface area (Å²) in [6.07, 6.45) is 4.92. The first-order chi connectivity index (χ1) is 13.5. The molecular formula is C22H33N5O. The third-order valence-corrected chi connectivity index (χ3v) is 5.26. The Balaban J connectivity index is 1.68. The van der Waals surface area contributed by atoms with Gasteiger partial charge in [-0.25, -0.2) is 0 Å². The maximum absolute atomic E-state index is 5.97. The molecule has 6 nitrogen and oxygen atoms in total. The molecule has 2 heterocycles. The summed E-state index contributed by atoms with van der Waals surface area (Å²) in [7, 11) is 1.94. The van der Waals surface area contributed by atoms with Crippen LogP contribution in [0.15, 0.2) is 29.5 Å². The highest BCUT2D eigenvalue weighted by atomic mass is 16.5. The first-order valence-corrected chi connectivity index (χ1v) is 10.2. The number of aryl methyl sites for hydroxylation is 4. The molecule has 152 valence electrons. The van der Waals surface area contributed by atoms with Gasteiger partial charge >= 0.3 is 0 Å². The zero-order valence-corrected chi connectivity index (χ0v) is 17.8. The molecule has 1 saturated heterocycles. The predicted octanol–water partition coefficient (Wildman–Crippen LogP) is 2.93. The molecule has 0 saturated carbocycles. The molecule has 28 heavy (non-hydrogen) atoms. The van der Waals surface area contributed by atoms with Gasteiger partial charge in [0.2, 0.25) is 0 Å². The summed E-state index contributed by atoms with van der Waals surface area (Å²) >= 11 is 0. The predicted molar refractivity (Wildman–Crippen MR) is 114 cm³/mol. The van der Waals surface area contributed by atoms with Gasteiger partial charge in [0.15, 0.2) is 5.96 Å². The van der Waals surface area contributed by atoms with E-state index in [1.54, 1.807) is 0 Å². The van der Waals surface area contributed by atoms with E-state index in [0.29, 0.717) is 6.61 Å². The van der Waals surface area contributed by atoms with E-state index in [-0.39, 0.29) is 6.10 Å². The average Bonchev–Trinajstić information content (AvgIpc) is 3.09. The number of morpholine rings is 1. The van der Waals surface area contributed by atoms with Crippen molar-refractivity contribution in [1.29, 1.82) is 0 Å². The zero-order chi connectivity index (χ0) is 20.1. The highest BCUT2D eigenvalue weighted by Crippen LogP contribution is 2.22. The summed E-state index contributed by atoms with van der Waals surface area (Å²) in [5.41, 5.74) is 6.58. The van der Waals surface area contributed by atoms with Crippen molar-refractivity contribution in [2.75, 3.05) is 32.8 Å². The molecule has 2 aromatic rings. The highest BCUT2D eigenvalue weighted by molar-refractivity contribution is 5.80. The van der Waals surface area contributed by atoms with Crippen molar-refractivity contribution in [3.63, 3.8) is 0 Å². The summed E-state index contributed by atoms with van der Waals surface area (Å²) < 4.78 is 7.80. The van der Waals surface area contributed by atoms with Crippen LogP contribution in [0.3, 0.4) is 0 Å². The third kappa shape index (κ3) is 4.93. The maximum atomic E-state index is 5.97. The monoisotopic (exact) mass is 383 g/mol. The molecule has 1 unspecified atom stereocenters. The van der Waals surface area contributed by atoms with Gasteiger partial charge in [0.05, 0.1) is 19.3 Å². The Morgan fingerprint density at radius 2 is 2.04 bits per heavy atom. The van der Waals surface area contributed by atoms with E-state index < -0.39 is 0 Å². The van der Waals surface area contributed by atoms with Gasteiger partial charge in [0.25, 0.3) is 0 Å². The van der Waals surface area contributed by atoms with E-state index in [9.17, 15) is 0 Å². The van der Waals surface area contributed by atoms with Crippen molar-refractivity contribution in [1.82, 2.24) is 20.0 Å². The number of rotatable bonds is 5. The van der Waals surface area contributed by atoms with Crippen LogP contribution in [0, 0.1) is 20.8 Å². The lowest BCUT2D eigenvalue weighted by Crippen LogP contribution is -2.48. The van der Waals surface area contributed by atoms with Crippen LogP contribution in [0.1, 0.15) is 40.8 Å². The minimum atomic E-state index is 0.0351. The summed E-state index contributed by atoms with van der Waals surface area (Å²) in [4.78, 5) is 7.23. The van der Waals surface area contributed by atoms with E-state index in [1.807, 2.05) is 24.1 Å². The number of ether oxygens (including phenoxy) is 1. The van der Waals surface area contributed by atoms with Gasteiger partial charge in [-0.1, -0.05) is 17.7 Å². The van der Waals surface area contributed by atoms with Crippen molar-refractivity contribution in [2.45, 2.75) is 40.2 Å². The Labute approximate surface area is 168 Å². The Kier molecular flexibility index (Phi) is 6.73. The van der Waals surface area contributed by atoms with Crippen LogP contribution in [-0.4, -0.2) is 53.4 Å². The summed E-state index contributed by atoms with van der Waals surface area (Å²) in [5.74, 6) is 0.974. The molecular weight excluding hydrogens is 350 g/mol. The Hall–Kier alpha value is -2.34. The minimum Gasteiger partial charge on any atom is -0.370 e. The molecule has 1 fully saturated rings. The van der Waals surface area contributed by atoms with Crippen LogP contribution in [0.25, 0.3) is 0 Å². The van der Waals surface area contributed by atoms with Gasteiger partial charge in [0, 0.05) is 38.4 Å². The van der Waals surface area contributed by atoms with E-state index in [0.717, 1.165) is 44.1 Å². The topological polar surface area (TPSA) is 54.7 Å². The first kappa shape index (κ1) is 20.4. The fraction of sp³-hybridized carbons (Fsp3) is 0.545. The van der Waals surface area contributed by atoms with Gasteiger partial charge in [-0.05, 0) is 50.8 Å². The van der Waals surface area contributed by atoms with E-state index in [2.05, 4.69) is 55.1 Å². The molecule has 1 aliphatic rings. The second-order valence-electron chi connectivity index (χ2n) is 7.62. The minimum absolute atomic E-state index is 0.0351. The van der Waals surface area contributed by atoms with E-state index in [1.165, 1.54) is 22.3 Å². The fourth-order valence-electron chi connectivity index (χ4n) is 3.95. The molecule has 1 aromatic heterocycles. The molecule has 6 heteroatoms. The molecule has 1 aliphatic heterocycles. The van der Waals surface area contributed by atoms with Crippen LogP contribution in [0.4, 0.5) is 0 Å². The number of aromatic nitrogens is 2. The van der Waals surface area contributed by atoms with Crippen molar-refractivity contribution < 1.29 is 4.74 Å². The third-order valence-electron chi connectivity index (χ3n) is 5.26. The van der Waals surface area contributed by atoms with Gasteiger partial charge in [0.1, 0.15) is 6.10 Å². The standard InChI is InChI=1S/C22H33N5O/c1-6-23-22(24-8-7-20-17(3)11-16(2)12-18(20)4)27-9-10-28-21(15-27)19-13-25-26(5)14-19/h11-14,21H,6-10,15H2,1-5H3,(H,23,24). The molecule has 0 amide bonds. The van der Waals surface area contributed by atoms with Crippen LogP contribution < -0.4 is 5.32 Å². The van der Waals surface area contributed by atoms with Gasteiger partial charge < -0.3 is 15.0 Å². The van der Waals surface area contributed by atoms with Crippen molar-refractivity contribution in [3.8, 4) is 0 Å². The molecule has 0 radical (unpaired) electrons. The number of aliphatic imine (C=N–C) groups is 1. The second-order valence-corrected chi connectivity index (χ2v) is 7.62. The maximum Gasteiger partial charge on any atom is 0.194 e. The smallest absolute Gasteiger partial charge is 0.194 e. The molecule has 0 aliphatic carbocycles. The number of guanidine groups is 1. The van der Waals surface area contributed by atoms with Crippen LogP contribution in [-0.2, 0) is 18.2 Å². The molecule has 0 bridgehead atoms. The Bertz CT molecular complexity index is 803. The van der Waals surface area contributed by atoms with Crippen LogP contribution >= 0.6 is 0 Å². The molecule has 3 rings (SSSR count). The highest BCUT2D eigenvalue weighted by Gasteiger charge is 2.25. The fourth-order valence-corrected chi connectivity index (χ4v) is 3.95. The Morgan fingerprint density at radius 3 is 2.68 bits per heavy atom. The number of nitrogens with one attached hydrogen (secondary N) is 1. The van der Waals surface area contributed by atoms with Gasteiger partial charge in [-0.15, -0.1) is 0 Å². The van der Waals surface area contributed by atoms with Gasteiger partial charge in [-0.2, -0.15) is 5.10 Å². The SMILES string of the molecule is CCNC(=NCCc1c(C)cc(C)cc1C)N1CCOC(c2cnn(C)c2)C1. The molecule has 1 aromatic carbocycles. The Morgan fingerprint density at radius 1 is 1.29 bits per heavy atom. The summed E-state index contributed by atoms with van der Waals surface area (Å²) in [5, 5.41) is 7.73. The number of nitrogens with zero attached hydrogens (tertiary/aromatic N) is 4. The second kappa shape index (κ2) is 9.24. The van der Waals surface area contributed by atoms with Crippen LogP contribution in [0.5, 0.6) is 0 Å². The van der Waals surface area contributed by atoms with Crippen molar-refractivity contribution in [3.05, 3.63) is 52.3 Å². The number of hydrogen-bond acceptors (Lipinski definition) is 3. The normalized spacial score (nSPS) is 17.8. The first-order valence-electron chi connectivity index (χ1n) is 10.2. The lowest BCUT2D eigenvalue weighted by Gasteiger charge is -2.34. The lowest BCUT2D eigenvalue weighted by molar-refractivity contribution is -0.00803. The molecule has 0 spiro atoms. The van der Waals surface area contributed by atoms with E-state index in [4.69, 9.17) is 9.73 Å². The van der Waals surface area contributed by atoms with Gasteiger partial charge in [-0.3, -0.25) is 9.67 Å². The summed E-state index contributed by atoms with van der Waals surface area (Å²) in [6.45, 7) is 12.6. The zero-order valence-electron chi connectivity index (χ0n) is 17.8. The van der Waals surface area contributed by atoms with Crippen LogP contribution in [0.2, 0.25) is 0 Å². The number of hydrogen-bond donors (Lipinski definition) is 1. The van der Waals surface area contributed by atoms with Crippen molar-refractivity contribution >= 4 is 5.96 Å². The summed E-state index contributed by atoms with van der Waals surface area (Å²) in [6, 6.07) is 4.52. The quantitative estimate of drug-likeness (QED) is 0.637. The largest absolute Gasteiger partial charge is 0.370 e. The molecule has 1 atom stereocenters. The van der Waals surface area contributed by atoms with Crippen molar-refractivity contribution in [2.24, 2.45) is 12.0 Å².